The zero-order chi connectivity index (χ0) is 10.3. The first-order valence-electron chi connectivity index (χ1n) is 4.75. The number of hydrogen-bond donors (Lipinski definition) is 0. The van der Waals surface area contributed by atoms with Crippen LogP contribution in [0.2, 0.25) is 0 Å². The molecule has 0 saturated carbocycles. The standard InChI is InChI=1S/C10H20N2S/c1-5-10(8-13-4)12(3)9(2)6-7-11/h9-10H,5-6,8H2,1-4H3. The van der Waals surface area contributed by atoms with E-state index in [0.717, 1.165) is 12.2 Å². The van der Waals surface area contributed by atoms with Gasteiger partial charge in [-0.3, -0.25) is 4.90 Å². The molecule has 0 radical (unpaired) electrons. The lowest BCUT2D eigenvalue weighted by Crippen LogP contribution is -2.39. The van der Waals surface area contributed by atoms with Crippen molar-refractivity contribution >= 4 is 11.8 Å². The number of nitrogens with zero attached hydrogens (tertiary/aromatic N) is 2. The maximum atomic E-state index is 8.59. The minimum atomic E-state index is 0.377. The van der Waals surface area contributed by atoms with E-state index < -0.39 is 0 Å². The van der Waals surface area contributed by atoms with Gasteiger partial charge in [-0.25, -0.2) is 0 Å². The molecule has 0 aromatic rings. The van der Waals surface area contributed by atoms with Crippen LogP contribution in [0.15, 0.2) is 0 Å². The molecule has 0 heterocycles. The molecule has 13 heavy (non-hydrogen) atoms. The Bertz CT molecular complexity index is 165. The summed E-state index contributed by atoms with van der Waals surface area (Å²) in [6.45, 7) is 4.32. The third kappa shape index (κ3) is 4.54. The summed E-state index contributed by atoms with van der Waals surface area (Å²) in [5.74, 6) is 1.16. The van der Waals surface area contributed by atoms with Crippen molar-refractivity contribution < 1.29 is 0 Å². The maximum Gasteiger partial charge on any atom is 0.0638 e. The Morgan fingerprint density at radius 1 is 1.54 bits per heavy atom. The zero-order valence-electron chi connectivity index (χ0n) is 9.08. The lowest BCUT2D eigenvalue weighted by molar-refractivity contribution is 0.197. The largest absolute Gasteiger partial charge is 0.299 e. The monoisotopic (exact) mass is 200 g/mol. The van der Waals surface area contributed by atoms with E-state index in [1.54, 1.807) is 0 Å². The minimum Gasteiger partial charge on any atom is -0.299 e. The number of thioether (sulfide) groups is 1. The lowest BCUT2D eigenvalue weighted by Gasteiger charge is -2.31. The second kappa shape index (κ2) is 7.23. The molecular formula is C10H20N2S. The third-order valence-corrected chi connectivity index (χ3v) is 3.21. The summed E-state index contributed by atoms with van der Waals surface area (Å²) in [5.41, 5.74) is 0. The summed E-state index contributed by atoms with van der Waals surface area (Å²) in [6.07, 6.45) is 3.92. The van der Waals surface area contributed by atoms with E-state index >= 15 is 0 Å². The average Bonchev–Trinajstić information content (AvgIpc) is 2.13. The minimum absolute atomic E-state index is 0.377. The molecular weight excluding hydrogens is 180 g/mol. The Balaban J connectivity index is 4.03. The quantitative estimate of drug-likeness (QED) is 0.658. The normalized spacial score (nSPS) is 15.4. The molecule has 0 aromatic carbocycles. The first-order chi connectivity index (χ1) is 6.17. The van der Waals surface area contributed by atoms with Crippen molar-refractivity contribution in [1.29, 1.82) is 5.26 Å². The van der Waals surface area contributed by atoms with Crippen LogP contribution in [-0.2, 0) is 0 Å². The van der Waals surface area contributed by atoms with Crippen molar-refractivity contribution in [3.05, 3.63) is 0 Å². The van der Waals surface area contributed by atoms with Crippen LogP contribution in [0.25, 0.3) is 0 Å². The van der Waals surface area contributed by atoms with Crippen molar-refractivity contribution in [3.8, 4) is 6.07 Å². The van der Waals surface area contributed by atoms with E-state index in [0.29, 0.717) is 18.5 Å². The molecule has 76 valence electrons. The Morgan fingerprint density at radius 2 is 2.15 bits per heavy atom. The van der Waals surface area contributed by atoms with Gasteiger partial charge in [0.05, 0.1) is 12.5 Å². The predicted octanol–water partition coefficient (Wildman–Crippen LogP) is 2.36. The zero-order valence-corrected chi connectivity index (χ0v) is 9.90. The summed E-state index contributed by atoms with van der Waals surface area (Å²) < 4.78 is 0. The van der Waals surface area contributed by atoms with Crippen LogP contribution in [-0.4, -0.2) is 36.0 Å². The van der Waals surface area contributed by atoms with E-state index in [1.165, 1.54) is 0 Å². The molecule has 0 aromatic heterocycles. The fraction of sp³-hybridized carbons (Fsp3) is 0.900. The van der Waals surface area contributed by atoms with Gasteiger partial charge in [0.15, 0.2) is 0 Å². The molecule has 2 unspecified atom stereocenters. The summed E-state index contributed by atoms with van der Waals surface area (Å²) in [6, 6.07) is 3.21. The third-order valence-electron chi connectivity index (χ3n) is 2.49. The summed E-state index contributed by atoms with van der Waals surface area (Å²) in [4.78, 5) is 2.32. The van der Waals surface area contributed by atoms with E-state index in [4.69, 9.17) is 5.26 Å². The van der Waals surface area contributed by atoms with Crippen molar-refractivity contribution in [2.24, 2.45) is 0 Å². The van der Waals surface area contributed by atoms with Gasteiger partial charge < -0.3 is 0 Å². The maximum absolute atomic E-state index is 8.59. The smallest absolute Gasteiger partial charge is 0.0638 e. The fourth-order valence-corrected chi connectivity index (χ4v) is 2.21. The molecule has 0 bridgehead atoms. The van der Waals surface area contributed by atoms with E-state index in [9.17, 15) is 0 Å². The molecule has 0 aliphatic rings. The second-order valence-electron chi connectivity index (χ2n) is 3.39. The van der Waals surface area contributed by atoms with Gasteiger partial charge in [0.25, 0.3) is 0 Å². The lowest BCUT2D eigenvalue weighted by atomic mass is 10.1. The molecule has 0 fully saturated rings. The van der Waals surface area contributed by atoms with Gasteiger partial charge in [0, 0.05) is 17.8 Å². The highest BCUT2D eigenvalue weighted by molar-refractivity contribution is 7.98. The van der Waals surface area contributed by atoms with E-state index in [1.807, 2.05) is 11.8 Å². The molecule has 0 N–H and O–H groups in total. The van der Waals surface area contributed by atoms with E-state index in [2.05, 4.69) is 38.1 Å². The van der Waals surface area contributed by atoms with Crippen LogP contribution in [0, 0.1) is 11.3 Å². The number of hydrogen-bond acceptors (Lipinski definition) is 3. The van der Waals surface area contributed by atoms with Gasteiger partial charge in [-0.2, -0.15) is 17.0 Å². The highest BCUT2D eigenvalue weighted by Crippen LogP contribution is 2.12. The van der Waals surface area contributed by atoms with Crippen molar-refractivity contribution in [3.63, 3.8) is 0 Å². The average molecular weight is 200 g/mol. The molecule has 3 heteroatoms. The molecule has 0 aliphatic carbocycles. The number of nitriles is 1. The molecule has 0 aliphatic heterocycles. The first-order valence-corrected chi connectivity index (χ1v) is 6.14. The summed E-state index contributed by atoms with van der Waals surface area (Å²) in [5, 5.41) is 8.59. The number of rotatable bonds is 6. The summed E-state index contributed by atoms with van der Waals surface area (Å²) in [7, 11) is 2.12. The van der Waals surface area contributed by atoms with Crippen molar-refractivity contribution in [1.82, 2.24) is 4.90 Å². The van der Waals surface area contributed by atoms with Gasteiger partial charge in [0.1, 0.15) is 0 Å². The Morgan fingerprint density at radius 3 is 2.54 bits per heavy atom. The van der Waals surface area contributed by atoms with Crippen LogP contribution in [0.3, 0.4) is 0 Å². The fourth-order valence-electron chi connectivity index (χ4n) is 1.35. The van der Waals surface area contributed by atoms with Crippen LogP contribution in [0.5, 0.6) is 0 Å². The van der Waals surface area contributed by atoms with Gasteiger partial charge in [0.2, 0.25) is 0 Å². The van der Waals surface area contributed by atoms with Gasteiger partial charge in [-0.1, -0.05) is 6.92 Å². The molecule has 0 amide bonds. The Hall–Kier alpha value is -0.200. The Kier molecular flexibility index (Phi) is 7.12. The van der Waals surface area contributed by atoms with Gasteiger partial charge >= 0.3 is 0 Å². The molecule has 0 spiro atoms. The van der Waals surface area contributed by atoms with Crippen molar-refractivity contribution in [2.75, 3.05) is 19.1 Å². The highest BCUT2D eigenvalue weighted by atomic mass is 32.2. The molecule has 0 saturated heterocycles. The molecule has 0 rings (SSSR count). The predicted molar refractivity (Wildman–Crippen MR) is 59.9 cm³/mol. The SMILES string of the molecule is CCC(CSC)N(C)C(C)CC#N. The van der Waals surface area contributed by atoms with Gasteiger partial charge in [-0.05, 0) is 26.6 Å². The topological polar surface area (TPSA) is 27.0 Å². The van der Waals surface area contributed by atoms with Crippen LogP contribution in [0.1, 0.15) is 26.7 Å². The van der Waals surface area contributed by atoms with Crippen LogP contribution < -0.4 is 0 Å². The van der Waals surface area contributed by atoms with E-state index in [-0.39, 0.29) is 0 Å². The Labute approximate surface area is 86.3 Å². The van der Waals surface area contributed by atoms with Gasteiger partial charge in [-0.15, -0.1) is 0 Å². The van der Waals surface area contributed by atoms with Crippen LogP contribution >= 0.6 is 11.8 Å². The molecule has 2 atom stereocenters. The molecule has 2 nitrogen and oxygen atoms in total. The van der Waals surface area contributed by atoms with Crippen LogP contribution in [0.4, 0.5) is 0 Å². The summed E-state index contributed by atoms with van der Waals surface area (Å²) >= 11 is 1.87. The highest BCUT2D eigenvalue weighted by Gasteiger charge is 2.17. The van der Waals surface area contributed by atoms with Crippen molar-refractivity contribution in [2.45, 2.75) is 38.8 Å². The first kappa shape index (κ1) is 12.8. The second-order valence-corrected chi connectivity index (χ2v) is 4.30.